The number of halogens is 1. The maximum Gasteiger partial charge on any atom is 0.282 e. The van der Waals surface area contributed by atoms with Crippen molar-refractivity contribution in [3.8, 4) is 0 Å². The highest BCUT2D eigenvalue weighted by Crippen LogP contribution is 2.26. The van der Waals surface area contributed by atoms with Crippen LogP contribution in [0.15, 0.2) is 54.6 Å². The Morgan fingerprint density at radius 3 is 2.44 bits per heavy atom. The van der Waals surface area contributed by atoms with Gasteiger partial charge in [0.2, 0.25) is 5.01 Å². The van der Waals surface area contributed by atoms with Gasteiger partial charge in [-0.1, -0.05) is 53.3 Å². The van der Waals surface area contributed by atoms with Crippen LogP contribution in [0.3, 0.4) is 0 Å². The molecule has 0 aliphatic rings. The van der Waals surface area contributed by atoms with Crippen LogP contribution in [0.4, 0.5) is 5.69 Å². The van der Waals surface area contributed by atoms with Gasteiger partial charge < -0.3 is 5.32 Å². The zero-order chi connectivity index (χ0) is 19.2. The molecule has 1 aromatic heterocycles. The molecule has 7 nitrogen and oxygen atoms in total. The molecule has 27 heavy (non-hydrogen) atoms. The summed E-state index contributed by atoms with van der Waals surface area (Å²) in [5, 5.41) is 22.1. The van der Waals surface area contributed by atoms with E-state index in [1.54, 1.807) is 18.2 Å². The van der Waals surface area contributed by atoms with Gasteiger partial charge in [-0.2, -0.15) is 0 Å². The molecule has 0 saturated heterocycles. The zero-order valence-corrected chi connectivity index (χ0v) is 15.4. The second-order valence-electron chi connectivity index (χ2n) is 5.42. The van der Waals surface area contributed by atoms with E-state index in [-0.39, 0.29) is 16.6 Å². The zero-order valence-electron chi connectivity index (χ0n) is 13.8. The van der Waals surface area contributed by atoms with Crippen LogP contribution in [0.2, 0.25) is 0 Å². The SMILES string of the molecule is O=C(NCc1ccccc1)c1nnc(/C(Cl)=C/c2ccc([N+](=O)[O-])cc2)s1. The lowest BCUT2D eigenvalue weighted by atomic mass is 10.2. The van der Waals surface area contributed by atoms with E-state index < -0.39 is 4.92 Å². The molecule has 0 saturated carbocycles. The second-order valence-corrected chi connectivity index (χ2v) is 6.81. The topological polar surface area (TPSA) is 98.0 Å². The summed E-state index contributed by atoms with van der Waals surface area (Å²) in [6, 6.07) is 15.5. The van der Waals surface area contributed by atoms with E-state index in [1.165, 1.54) is 12.1 Å². The third-order valence-electron chi connectivity index (χ3n) is 3.52. The molecule has 0 bridgehead atoms. The quantitative estimate of drug-likeness (QED) is 0.496. The van der Waals surface area contributed by atoms with Gasteiger partial charge in [-0.25, -0.2) is 0 Å². The van der Waals surface area contributed by atoms with Gasteiger partial charge in [0.25, 0.3) is 11.6 Å². The molecule has 9 heteroatoms. The summed E-state index contributed by atoms with van der Waals surface area (Å²) >= 11 is 7.31. The number of carbonyl (C=O) groups is 1. The van der Waals surface area contributed by atoms with E-state index in [0.717, 1.165) is 16.9 Å². The van der Waals surface area contributed by atoms with Crippen LogP contribution < -0.4 is 5.32 Å². The molecule has 3 rings (SSSR count). The predicted molar refractivity (Wildman–Crippen MR) is 104 cm³/mol. The van der Waals surface area contributed by atoms with Crippen molar-refractivity contribution >= 4 is 45.6 Å². The Balaban J connectivity index is 1.66. The Morgan fingerprint density at radius 1 is 1.11 bits per heavy atom. The molecule has 0 aliphatic heterocycles. The number of nitro groups is 1. The average molecular weight is 401 g/mol. The summed E-state index contributed by atoms with van der Waals surface area (Å²) in [5.74, 6) is -0.331. The maximum absolute atomic E-state index is 12.2. The third-order valence-corrected chi connectivity index (χ3v) is 4.87. The molecule has 1 amide bonds. The van der Waals surface area contributed by atoms with Gasteiger partial charge in [0.05, 0.1) is 9.96 Å². The Kier molecular flexibility index (Phi) is 5.90. The smallest absolute Gasteiger partial charge is 0.282 e. The van der Waals surface area contributed by atoms with Crippen molar-refractivity contribution in [1.82, 2.24) is 15.5 Å². The standard InChI is InChI=1S/C18H13ClN4O3S/c19-15(10-12-6-8-14(9-7-12)23(25)26)17-21-22-18(27-17)16(24)20-11-13-4-2-1-3-5-13/h1-10H,11H2,(H,20,24)/b15-10-. The van der Waals surface area contributed by atoms with E-state index in [2.05, 4.69) is 15.5 Å². The van der Waals surface area contributed by atoms with Gasteiger partial charge in [0.1, 0.15) is 0 Å². The fourth-order valence-electron chi connectivity index (χ4n) is 2.17. The van der Waals surface area contributed by atoms with Crippen LogP contribution in [-0.2, 0) is 6.54 Å². The van der Waals surface area contributed by atoms with Crippen molar-refractivity contribution in [2.75, 3.05) is 0 Å². The van der Waals surface area contributed by atoms with Gasteiger partial charge in [-0.3, -0.25) is 14.9 Å². The number of hydrogen-bond acceptors (Lipinski definition) is 6. The molecule has 0 atom stereocenters. The second kappa shape index (κ2) is 8.52. The normalized spacial score (nSPS) is 11.2. The first-order valence-corrected chi connectivity index (χ1v) is 9.00. The van der Waals surface area contributed by atoms with Crippen molar-refractivity contribution in [1.29, 1.82) is 0 Å². The van der Waals surface area contributed by atoms with Crippen molar-refractivity contribution in [2.45, 2.75) is 6.54 Å². The Morgan fingerprint density at radius 2 is 1.78 bits per heavy atom. The van der Waals surface area contributed by atoms with Crippen LogP contribution in [0.5, 0.6) is 0 Å². The minimum atomic E-state index is -0.472. The highest BCUT2D eigenvalue weighted by molar-refractivity contribution is 7.15. The highest BCUT2D eigenvalue weighted by atomic mass is 35.5. The van der Waals surface area contributed by atoms with Gasteiger partial charge in [0.15, 0.2) is 5.01 Å². The van der Waals surface area contributed by atoms with Crippen LogP contribution in [0, 0.1) is 10.1 Å². The van der Waals surface area contributed by atoms with Gasteiger partial charge in [0, 0.05) is 18.7 Å². The Labute approximate surface area is 163 Å². The van der Waals surface area contributed by atoms with Crippen LogP contribution in [0.1, 0.15) is 25.9 Å². The number of amides is 1. The molecule has 0 spiro atoms. The molecule has 1 N–H and O–H groups in total. The molecule has 0 aliphatic carbocycles. The highest BCUT2D eigenvalue weighted by Gasteiger charge is 2.14. The van der Waals surface area contributed by atoms with Crippen molar-refractivity contribution in [2.24, 2.45) is 0 Å². The first-order valence-electron chi connectivity index (χ1n) is 7.80. The fourth-order valence-corrected chi connectivity index (χ4v) is 3.11. The lowest BCUT2D eigenvalue weighted by Crippen LogP contribution is -2.22. The summed E-state index contributed by atoms with van der Waals surface area (Å²) in [4.78, 5) is 22.4. The van der Waals surface area contributed by atoms with Crippen molar-refractivity contribution < 1.29 is 9.72 Å². The van der Waals surface area contributed by atoms with Gasteiger partial charge in [-0.15, -0.1) is 10.2 Å². The summed E-state index contributed by atoms with van der Waals surface area (Å²) in [7, 11) is 0. The molecule has 0 radical (unpaired) electrons. The maximum atomic E-state index is 12.2. The van der Waals surface area contributed by atoms with Crippen LogP contribution in [0.25, 0.3) is 11.1 Å². The number of rotatable bonds is 6. The van der Waals surface area contributed by atoms with Crippen molar-refractivity contribution in [3.63, 3.8) is 0 Å². The molecule has 136 valence electrons. The van der Waals surface area contributed by atoms with Crippen LogP contribution in [-0.4, -0.2) is 21.0 Å². The monoisotopic (exact) mass is 400 g/mol. The van der Waals surface area contributed by atoms with E-state index in [0.29, 0.717) is 22.1 Å². The largest absolute Gasteiger partial charge is 0.346 e. The van der Waals surface area contributed by atoms with E-state index in [4.69, 9.17) is 11.6 Å². The average Bonchev–Trinajstić information content (AvgIpc) is 3.18. The van der Waals surface area contributed by atoms with Gasteiger partial charge >= 0.3 is 0 Å². The molecule has 1 heterocycles. The number of nitrogens with zero attached hydrogens (tertiary/aromatic N) is 3. The Hall–Kier alpha value is -3.10. The summed E-state index contributed by atoms with van der Waals surface area (Å²) in [6.07, 6.45) is 1.61. The fraction of sp³-hybridized carbons (Fsp3) is 0.0556. The molecule has 2 aromatic carbocycles. The number of nitro benzene ring substituents is 1. The summed E-state index contributed by atoms with van der Waals surface area (Å²) in [5.41, 5.74) is 1.65. The number of non-ortho nitro benzene ring substituents is 1. The first kappa shape index (κ1) is 18.7. The molecule has 3 aromatic rings. The summed E-state index contributed by atoms with van der Waals surface area (Å²) in [6.45, 7) is 0.390. The minimum absolute atomic E-state index is 0.00318. The number of benzene rings is 2. The number of nitrogens with one attached hydrogen (secondary N) is 1. The lowest BCUT2D eigenvalue weighted by Gasteiger charge is -2.02. The van der Waals surface area contributed by atoms with E-state index in [1.807, 2.05) is 30.3 Å². The summed E-state index contributed by atoms with van der Waals surface area (Å²) < 4.78 is 0. The van der Waals surface area contributed by atoms with Crippen LogP contribution >= 0.6 is 22.9 Å². The lowest BCUT2D eigenvalue weighted by molar-refractivity contribution is -0.384. The van der Waals surface area contributed by atoms with E-state index in [9.17, 15) is 14.9 Å². The van der Waals surface area contributed by atoms with E-state index >= 15 is 0 Å². The minimum Gasteiger partial charge on any atom is -0.346 e. The number of hydrogen-bond donors (Lipinski definition) is 1. The molecule has 0 unspecified atom stereocenters. The molecular weight excluding hydrogens is 388 g/mol. The van der Waals surface area contributed by atoms with Crippen molar-refractivity contribution in [3.05, 3.63) is 85.9 Å². The molecular formula is C18H13ClN4O3S. The van der Waals surface area contributed by atoms with Gasteiger partial charge in [-0.05, 0) is 29.3 Å². The Bertz CT molecular complexity index is 987. The third kappa shape index (κ3) is 4.96. The molecule has 0 fully saturated rings. The predicted octanol–water partition coefficient (Wildman–Crippen LogP) is 4.11. The first-order chi connectivity index (χ1) is 13.0. The number of carbonyl (C=O) groups excluding carboxylic acids is 1. The number of aromatic nitrogens is 2.